The average molecular weight is 210 g/mol. The van der Waals surface area contributed by atoms with E-state index in [1.165, 1.54) is 51.4 Å². The van der Waals surface area contributed by atoms with Crippen LogP contribution in [0.2, 0.25) is 0 Å². The van der Waals surface area contributed by atoms with E-state index in [-0.39, 0.29) is 0 Å². The lowest BCUT2D eigenvalue weighted by Gasteiger charge is -2.02. The highest BCUT2D eigenvalue weighted by Gasteiger charge is 1.91. The fraction of sp³-hybridized carbons (Fsp3) is 0.857. The number of terminal acetylenes is 1. The molecule has 0 N–H and O–H groups in total. The summed E-state index contributed by atoms with van der Waals surface area (Å²) in [5.41, 5.74) is 0. The molecule has 0 aliphatic heterocycles. The van der Waals surface area contributed by atoms with Crippen LogP contribution in [0.25, 0.3) is 0 Å². The van der Waals surface area contributed by atoms with Gasteiger partial charge in [-0.15, -0.1) is 6.42 Å². The molecule has 0 fully saturated rings. The minimum absolute atomic E-state index is 0.469. The molecule has 0 rings (SSSR count). The van der Waals surface area contributed by atoms with Gasteiger partial charge >= 0.3 is 0 Å². The lowest BCUT2D eigenvalue weighted by molar-refractivity contribution is 0.162. The minimum Gasteiger partial charge on any atom is -0.369 e. The van der Waals surface area contributed by atoms with E-state index in [2.05, 4.69) is 12.8 Å². The van der Waals surface area contributed by atoms with Crippen LogP contribution in [0.5, 0.6) is 0 Å². The molecule has 88 valence electrons. The lowest BCUT2D eigenvalue weighted by Crippen LogP contribution is -1.94. The third kappa shape index (κ3) is 13.5. The first-order valence-corrected chi connectivity index (χ1v) is 6.43. The van der Waals surface area contributed by atoms with Crippen LogP contribution in [0, 0.1) is 12.3 Å². The second-order valence-electron chi connectivity index (χ2n) is 4.09. The van der Waals surface area contributed by atoms with Gasteiger partial charge in [0, 0.05) is 6.61 Å². The Morgan fingerprint density at radius 1 is 0.867 bits per heavy atom. The van der Waals surface area contributed by atoms with Crippen LogP contribution < -0.4 is 0 Å². The topological polar surface area (TPSA) is 9.23 Å². The first-order valence-electron chi connectivity index (χ1n) is 6.43. The Labute approximate surface area is 95.6 Å². The zero-order valence-electron chi connectivity index (χ0n) is 10.3. The van der Waals surface area contributed by atoms with Gasteiger partial charge in [-0.05, 0) is 6.42 Å². The van der Waals surface area contributed by atoms with E-state index in [4.69, 9.17) is 11.2 Å². The van der Waals surface area contributed by atoms with Crippen molar-refractivity contribution in [3.8, 4) is 12.3 Å². The highest BCUT2D eigenvalue weighted by molar-refractivity contribution is 4.82. The summed E-state index contributed by atoms with van der Waals surface area (Å²) in [5.74, 6) is 2.48. The second kappa shape index (κ2) is 13.5. The maximum absolute atomic E-state index is 5.21. The third-order valence-electron chi connectivity index (χ3n) is 2.58. The van der Waals surface area contributed by atoms with Gasteiger partial charge in [0.15, 0.2) is 0 Å². The number of rotatable bonds is 11. The smallest absolute Gasteiger partial charge is 0.107 e. The van der Waals surface area contributed by atoms with Gasteiger partial charge in [-0.3, -0.25) is 0 Å². The van der Waals surface area contributed by atoms with E-state index in [1.54, 1.807) is 0 Å². The molecule has 15 heavy (non-hydrogen) atoms. The highest BCUT2D eigenvalue weighted by atomic mass is 16.5. The van der Waals surface area contributed by atoms with Crippen molar-refractivity contribution in [2.75, 3.05) is 13.2 Å². The van der Waals surface area contributed by atoms with E-state index in [0.29, 0.717) is 6.61 Å². The van der Waals surface area contributed by atoms with E-state index >= 15 is 0 Å². The first kappa shape index (κ1) is 14.5. The van der Waals surface area contributed by atoms with Gasteiger partial charge in [0.1, 0.15) is 6.61 Å². The molecule has 0 amide bonds. The van der Waals surface area contributed by atoms with Crippen molar-refractivity contribution < 1.29 is 4.74 Å². The fourth-order valence-corrected chi connectivity index (χ4v) is 1.65. The monoisotopic (exact) mass is 210 g/mol. The molecule has 0 saturated carbocycles. The summed E-state index contributed by atoms with van der Waals surface area (Å²) in [6.45, 7) is 3.56. The van der Waals surface area contributed by atoms with Gasteiger partial charge in [-0.1, -0.05) is 64.2 Å². The molecule has 0 aromatic carbocycles. The maximum atomic E-state index is 5.21. The Bertz CT molecular complexity index is 146. The molecule has 0 aliphatic rings. The van der Waals surface area contributed by atoms with Crippen molar-refractivity contribution in [2.45, 2.75) is 64.7 Å². The number of hydrogen-bond donors (Lipinski definition) is 0. The van der Waals surface area contributed by atoms with Crippen LogP contribution in [0.3, 0.4) is 0 Å². The van der Waals surface area contributed by atoms with E-state index < -0.39 is 0 Å². The summed E-state index contributed by atoms with van der Waals surface area (Å²) in [4.78, 5) is 0. The molecule has 0 atom stereocenters. The molecule has 1 nitrogen and oxygen atoms in total. The van der Waals surface area contributed by atoms with Crippen molar-refractivity contribution in [1.29, 1.82) is 0 Å². The molecule has 0 aromatic heterocycles. The molecule has 0 aromatic rings. The zero-order chi connectivity index (χ0) is 11.2. The maximum Gasteiger partial charge on any atom is 0.107 e. The standard InChI is InChI=1S/C14H26O/c1-3-5-6-7-8-9-10-11-12-14-15-13-4-2/h2H,3,5-14H2,1H3. The summed E-state index contributed by atoms with van der Waals surface area (Å²) in [5, 5.41) is 0. The average Bonchev–Trinajstić information content (AvgIpc) is 2.26. The van der Waals surface area contributed by atoms with Crippen LogP contribution in [0.15, 0.2) is 0 Å². The lowest BCUT2D eigenvalue weighted by atomic mass is 10.1. The molecule has 0 unspecified atom stereocenters. The van der Waals surface area contributed by atoms with Gasteiger partial charge in [0.2, 0.25) is 0 Å². The van der Waals surface area contributed by atoms with Crippen LogP contribution >= 0.6 is 0 Å². The summed E-state index contributed by atoms with van der Waals surface area (Å²) < 4.78 is 5.21. The Morgan fingerprint density at radius 2 is 1.40 bits per heavy atom. The molecule has 0 aliphatic carbocycles. The summed E-state index contributed by atoms with van der Waals surface area (Å²) in [6.07, 6.45) is 17.3. The van der Waals surface area contributed by atoms with Crippen LogP contribution in [0.4, 0.5) is 0 Å². The second-order valence-corrected chi connectivity index (χ2v) is 4.09. The number of ether oxygens (including phenoxy) is 1. The Kier molecular flexibility index (Phi) is 13.1. The van der Waals surface area contributed by atoms with E-state index in [9.17, 15) is 0 Å². The molecule has 0 spiro atoms. The molecule has 1 heteroatoms. The van der Waals surface area contributed by atoms with Crippen molar-refractivity contribution in [1.82, 2.24) is 0 Å². The van der Waals surface area contributed by atoms with E-state index in [0.717, 1.165) is 13.0 Å². The normalized spacial score (nSPS) is 10.1. The predicted molar refractivity (Wildman–Crippen MR) is 66.9 cm³/mol. The van der Waals surface area contributed by atoms with Crippen LogP contribution in [-0.2, 0) is 4.74 Å². The van der Waals surface area contributed by atoms with Crippen molar-refractivity contribution >= 4 is 0 Å². The summed E-state index contributed by atoms with van der Waals surface area (Å²) >= 11 is 0. The first-order chi connectivity index (χ1) is 7.41. The molecular formula is C14H26O. The van der Waals surface area contributed by atoms with Gasteiger partial charge < -0.3 is 4.74 Å². The molecule has 0 saturated heterocycles. The predicted octanol–water partition coefficient (Wildman–Crippen LogP) is 4.17. The van der Waals surface area contributed by atoms with Crippen LogP contribution in [0.1, 0.15) is 64.7 Å². The number of unbranched alkanes of at least 4 members (excludes halogenated alkanes) is 8. The van der Waals surface area contributed by atoms with Crippen molar-refractivity contribution in [3.05, 3.63) is 0 Å². The molecule has 0 bridgehead atoms. The zero-order valence-corrected chi connectivity index (χ0v) is 10.3. The quantitative estimate of drug-likeness (QED) is 0.367. The van der Waals surface area contributed by atoms with Gasteiger partial charge in [-0.2, -0.15) is 0 Å². The van der Waals surface area contributed by atoms with Gasteiger partial charge in [-0.25, -0.2) is 0 Å². The summed E-state index contributed by atoms with van der Waals surface area (Å²) in [6, 6.07) is 0. The third-order valence-corrected chi connectivity index (χ3v) is 2.58. The molecular weight excluding hydrogens is 184 g/mol. The Morgan fingerprint density at radius 3 is 1.93 bits per heavy atom. The molecule has 0 heterocycles. The summed E-state index contributed by atoms with van der Waals surface area (Å²) in [7, 11) is 0. The Hall–Kier alpha value is -0.480. The van der Waals surface area contributed by atoms with Crippen LogP contribution in [-0.4, -0.2) is 13.2 Å². The SMILES string of the molecule is C#CCOCCCCCCCCCCC. The Balaban J connectivity index is 2.84. The van der Waals surface area contributed by atoms with E-state index in [1.807, 2.05) is 0 Å². The van der Waals surface area contributed by atoms with Gasteiger partial charge in [0.25, 0.3) is 0 Å². The largest absolute Gasteiger partial charge is 0.369 e. The minimum atomic E-state index is 0.469. The number of hydrogen-bond acceptors (Lipinski definition) is 1. The molecule has 0 radical (unpaired) electrons. The van der Waals surface area contributed by atoms with Crippen molar-refractivity contribution in [3.63, 3.8) is 0 Å². The van der Waals surface area contributed by atoms with Gasteiger partial charge in [0.05, 0.1) is 0 Å². The van der Waals surface area contributed by atoms with Crippen molar-refractivity contribution in [2.24, 2.45) is 0 Å². The highest BCUT2D eigenvalue weighted by Crippen LogP contribution is 2.09. The fourth-order valence-electron chi connectivity index (χ4n) is 1.65.